The first-order valence-corrected chi connectivity index (χ1v) is 8.40. The highest BCUT2D eigenvalue weighted by Gasteiger charge is 2.11. The maximum atomic E-state index is 12.3. The number of hydrogen-bond donors (Lipinski definition) is 0. The summed E-state index contributed by atoms with van der Waals surface area (Å²) in [5.41, 5.74) is 2.45. The number of hydrogen-bond acceptors (Lipinski definition) is 2. The van der Waals surface area contributed by atoms with Crippen LogP contribution < -0.4 is 0 Å². The van der Waals surface area contributed by atoms with Gasteiger partial charge in [0, 0.05) is 20.0 Å². The van der Waals surface area contributed by atoms with Crippen molar-refractivity contribution in [2.24, 2.45) is 0 Å². The minimum atomic E-state index is 0.194. The highest BCUT2D eigenvalue weighted by Crippen LogP contribution is 2.20. The van der Waals surface area contributed by atoms with Crippen molar-refractivity contribution >= 4 is 28.0 Å². The molecule has 0 aliphatic heterocycles. The van der Waals surface area contributed by atoms with E-state index in [0.29, 0.717) is 13.0 Å². The topological polar surface area (TPSA) is 20.3 Å². The van der Waals surface area contributed by atoms with Gasteiger partial charge in [0.25, 0.3) is 0 Å². The third-order valence-electron chi connectivity index (χ3n) is 3.92. The van der Waals surface area contributed by atoms with E-state index in [1.165, 1.54) is 21.9 Å². The lowest BCUT2D eigenvalue weighted by Gasteiger charge is -2.18. The van der Waals surface area contributed by atoms with E-state index in [0.717, 1.165) is 6.42 Å². The molecule has 0 radical (unpaired) electrons. The van der Waals surface area contributed by atoms with Crippen LogP contribution in [0.2, 0.25) is 0 Å². The number of aryl methyl sites for hydroxylation is 1. The highest BCUT2D eigenvalue weighted by molar-refractivity contribution is 7.07. The summed E-state index contributed by atoms with van der Waals surface area (Å²) in [7, 11) is 1.89. The summed E-state index contributed by atoms with van der Waals surface area (Å²) in [6.07, 6.45) is 1.39. The normalized spacial score (nSPS) is 10.8. The van der Waals surface area contributed by atoms with Gasteiger partial charge >= 0.3 is 0 Å². The molecule has 0 aliphatic carbocycles. The number of fused-ring (bicyclic) bond motifs is 1. The van der Waals surface area contributed by atoms with E-state index in [1.54, 1.807) is 11.3 Å². The zero-order chi connectivity index (χ0) is 15.4. The van der Waals surface area contributed by atoms with Crippen LogP contribution in [-0.2, 0) is 17.8 Å². The molecule has 22 heavy (non-hydrogen) atoms. The van der Waals surface area contributed by atoms with Crippen LogP contribution in [0.25, 0.3) is 10.8 Å². The number of carbonyl (C=O) groups is 1. The molecule has 0 saturated heterocycles. The number of benzene rings is 2. The Labute approximate surface area is 135 Å². The van der Waals surface area contributed by atoms with E-state index in [4.69, 9.17) is 0 Å². The van der Waals surface area contributed by atoms with E-state index in [-0.39, 0.29) is 5.91 Å². The molecule has 3 heteroatoms. The molecule has 0 unspecified atom stereocenters. The maximum absolute atomic E-state index is 12.3. The molecule has 0 fully saturated rings. The van der Waals surface area contributed by atoms with E-state index in [9.17, 15) is 4.79 Å². The van der Waals surface area contributed by atoms with Crippen LogP contribution in [0.4, 0.5) is 0 Å². The van der Waals surface area contributed by atoms with Crippen molar-refractivity contribution < 1.29 is 4.79 Å². The summed E-state index contributed by atoms with van der Waals surface area (Å²) in [4.78, 5) is 14.1. The van der Waals surface area contributed by atoms with Gasteiger partial charge in [-0.1, -0.05) is 42.5 Å². The molecule has 1 amide bonds. The van der Waals surface area contributed by atoms with Crippen molar-refractivity contribution in [1.29, 1.82) is 0 Å². The number of amides is 1. The molecule has 1 heterocycles. The molecule has 0 spiro atoms. The van der Waals surface area contributed by atoms with Gasteiger partial charge in [0.1, 0.15) is 0 Å². The fourth-order valence-corrected chi connectivity index (χ4v) is 3.35. The first kappa shape index (κ1) is 14.8. The SMILES string of the molecule is CN(Cc1cccc2ccccc12)C(=O)CCc1ccsc1. The van der Waals surface area contributed by atoms with Crippen molar-refractivity contribution in [2.75, 3.05) is 7.05 Å². The van der Waals surface area contributed by atoms with Crippen molar-refractivity contribution in [1.82, 2.24) is 4.90 Å². The summed E-state index contributed by atoms with van der Waals surface area (Å²) in [6.45, 7) is 0.657. The molecule has 1 aromatic heterocycles. The molecule has 112 valence electrons. The average molecular weight is 309 g/mol. The standard InChI is InChI=1S/C19H19NOS/c1-20(19(21)10-9-15-11-12-22-14-15)13-17-7-4-6-16-5-2-3-8-18(16)17/h2-8,11-12,14H,9-10,13H2,1H3. The first-order chi connectivity index (χ1) is 10.7. The second-order valence-electron chi connectivity index (χ2n) is 5.52. The molecule has 2 nitrogen and oxygen atoms in total. The lowest BCUT2D eigenvalue weighted by atomic mass is 10.0. The summed E-state index contributed by atoms with van der Waals surface area (Å²) < 4.78 is 0. The molecule has 3 rings (SSSR count). The lowest BCUT2D eigenvalue weighted by molar-refractivity contribution is -0.130. The molecule has 0 saturated carbocycles. The van der Waals surface area contributed by atoms with E-state index < -0.39 is 0 Å². The molecular formula is C19H19NOS. The average Bonchev–Trinajstić information content (AvgIpc) is 3.06. The zero-order valence-electron chi connectivity index (χ0n) is 12.7. The molecule has 3 aromatic rings. The maximum Gasteiger partial charge on any atom is 0.222 e. The summed E-state index contributed by atoms with van der Waals surface area (Å²) in [5.74, 6) is 0.194. The molecule has 0 aliphatic rings. The Morgan fingerprint density at radius 2 is 1.91 bits per heavy atom. The van der Waals surface area contributed by atoms with Gasteiger partial charge < -0.3 is 4.90 Å². The van der Waals surface area contributed by atoms with Gasteiger partial charge in [-0.25, -0.2) is 0 Å². The van der Waals surface area contributed by atoms with Crippen LogP contribution in [-0.4, -0.2) is 17.9 Å². The van der Waals surface area contributed by atoms with Crippen molar-refractivity contribution in [3.05, 3.63) is 70.4 Å². The van der Waals surface area contributed by atoms with Gasteiger partial charge in [-0.15, -0.1) is 0 Å². The fraction of sp³-hybridized carbons (Fsp3) is 0.211. The van der Waals surface area contributed by atoms with Gasteiger partial charge in [-0.05, 0) is 45.1 Å². The molecule has 0 N–H and O–H groups in total. The van der Waals surface area contributed by atoms with Crippen LogP contribution >= 0.6 is 11.3 Å². The van der Waals surface area contributed by atoms with Crippen LogP contribution in [0.3, 0.4) is 0 Å². The van der Waals surface area contributed by atoms with Crippen LogP contribution in [0.5, 0.6) is 0 Å². The van der Waals surface area contributed by atoms with E-state index in [1.807, 2.05) is 24.1 Å². The summed E-state index contributed by atoms with van der Waals surface area (Å²) in [5, 5.41) is 6.61. The monoisotopic (exact) mass is 309 g/mol. The van der Waals surface area contributed by atoms with Crippen molar-refractivity contribution in [3.8, 4) is 0 Å². The Morgan fingerprint density at radius 1 is 1.09 bits per heavy atom. The van der Waals surface area contributed by atoms with E-state index >= 15 is 0 Å². The summed E-state index contributed by atoms with van der Waals surface area (Å²) in [6, 6.07) is 16.7. The third-order valence-corrected chi connectivity index (χ3v) is 4.65. The quantitative estimate of drug-likeness (QED) is 0.680. The Morgan fingerprint density at radius 3 is 2.73 bits per heavy atom. The van der Waals surface area contributed by atoms with Gasteiger partial charge in [0.2, 0.25) is 5.91 Å². The Balaban J connectivity index is 1.67. The molecular weight excluding hydrogens is 290 g/mol. The number of rotatable bonds is 5. The second-order valence-corrected chi connectivity index (χ2v) is 6.30. The zero-order valence-corrected chi connectivity index (χ0v) is 13.5. The Bertz CT molecular complexity index is 759. The molecule has 0 atom stereocenters. The van der Waals surface area contributed by atoms with Crippen LogP contribution in [0.15, 0.2) is 59.3 Å². The smallest absolute Gasteiger partial charge is 0.222 e. The third kappa shape index (κ3) is 3.37. The molecule has 0 bridgehead atoms. The number of carbonyl (C=O) groups excluding carboxylic acids is 1. The van der Waals surface area contributed by atoms with Crippen molar-refractivity contribution in [2.45, 2.75) is 19.4 Å². The largest absolute Gasteiger partial charge is 0.341 e. The van der Waals surface area contributed by atoms with Gasteiger partial charge in [0.05, 0.1) is 0 Å². The lowest BCUT2D eigenvalue weighted by Crippen LogP contribution is -2.26. The predicted molar refractivity (Wildman–Crippen MR) is 93.1 cm³/mol. The van der Waals surface area contributed by atoms with Crippen LogP contribution in [0.1, 0.15) is 17.5 Å². The van der Waals surface area contributed by atoms with Gasteiger partial charge in [-0.2, -0.15) is 11.3 Å². The van der Waals surface area contributed by atoms with E-state index in [2.05, 4.69) is 47.2 Å². The van der Waals surface area contributed by atoms with Crippen molar-refractivity contribution in [3.63, 3.8) is 0 Å². The highest BCUT2D eigenvalue weighted by atomic mass is 32.1. The first-order valence-electron chi connectivity index (χ1n) is 7.46. The van der Waals surface area contributed by atoms with Gasteiger partial charge in [-0.3, -0.25) is 4.79 Å². The Hall–Kier alpha value is -2.13. The predicted octanol–water partition coefficient (Wildman–Crippen LogP) is 4.49. The number of nitrogens with zero attached hydrogens (tertiary/aromatic N) is 1. The number of thiophene rings is 1. The second kappa shape index (κ2) is 6.75. The molecule has 2 aromatic carbocycles. The fourth-order valence-electron chi connectivity index (χ4n) is 2.65. The van der Waals surface area contributed by atoms with Gasteiger partial charge in [0.15, 0.2) is 0 Å². The Kier molecular flexibility index (Phi) is 4.54. The minimum absolute atomic E-state index is 0.194. The minimum Gasteiger partial charge on any atom is -0.341 e. The van der Waals surface area contributed by atoms with Crippen LogP contribution in [0, 0.1) is 0 Å². The summed E-state index contributed by atoms with van der Waals surface area (Å²) >= 11 is 1.68.